The van der Waals surface area contributed by atoms with Crippen molar-refractivity contribution < 1.29 is 4.79 Å². The largest absolute Gasteiger partial charge is 0.367 e. The molecule has 2 rings (SSSR count). The lowest BCUT2D eigenvalue weighted by Crippen LogP contribution is -2.30. The molecule has 1 atom stereocenters. The summed E-state index contributed by atoms with van der Waals surface area (Å²) in [5.74, 6) is -0.0984. The zero-order valence-corrected chi connectivity index (χ0v) is 8.94. The lowest BCUT2D eigenvalue weighted by Gasteiger charge is -2.12. The predicted octanol–water partition coefficient (Wildman–Crippen LogP) is -0.261. The minimum atomic E-state index is -0.560. The van der Waals surface area contributed by atoms with Crippen LogP contribution in [0.25, 0.3) is 0 Å². The van der Waals surface area contributed by atoms with E-state index < -0.39 is 5.91 Å². The third-order valence-corrected chi connectivity index (χ3v) is 2.61. The summed E-state index contributed by atoms with van der Waals surface area (Å²) >= 11 is 0. The van der Waals surface area contributed by atoms with E-state index in [0.29, 0.717) is 11.9 Å². The van der Waals surface area contributed by atoms with Crippen molar-refractivity contribution in [2.45, 2.75) is 18.9 Å². The molecular formula is C10H15N5O. The molecule has 1 saturated heterocycles. The molecule has 0 radical (unpaired) electrons. The molecule has 2 heterocycles. The van der Waals surface area contributed by atoms with Gasteiger partial charge in [0.05, 0.1) is 0 Å². The first-order valence-corrected chi connectivity index (χ1v) is 5.35. The van der Waals surface area contributed by atoms with Gasteiger partial charge in [-0.3, -0.25) is 4.79 Å². The van der Waals surface area contributed by atoms with Crippen molar-refractivity contribution in [2.75, 3.05) is 18.4 Å². The van der Waals surface area contributed by atoms with E-state index >= 15 is 0 Å². The van der Waals surface area contributed by atoms with E-state index in [1.54, 1.807) is 0 Å². The normalized spacial score (nSPS) is 19.6. The molecular weight excluding hydrogens is 206 g/mol. The zero-order valence-electron chi connectivity index (χ0n) is 8.94. The van der Waals surface area contributed by atoms with Crippen molar-refractivity contribution in [2.24, 2.45) is 5.73 Å². The molecule has 4 N–H and O–H groups in total. The maximum absolute atomic E-state index is 11.1. The molecule has 0 aliphatic carbocycles. The summed E-state index contributed by atoms with van der Waals surface area (Å²) in [6, 6.07) is 0.433. The van der Waals surface area contributed by atoms with Crippen LogP contribution >= 0.6 is 0 Å². The van der Waals surface area contributed by atoms with Crippen molar-refractivity contribution in [1.29, 1.82) is 0 Å². The van der Waals surface area contributed by atoms with Gasteiger partial charge in [-0.25, -0.2) is 9.97 Å². The molecule has 1 aromatic heterocycles. The number of carbonyl (C=O) groups is 1. The second kappa shape index (κ2) is 4.89. The number of anilines is 1. The molecule has 16 heavy (non-hydrogen) atoms. The van der Waals surface area contributed by atoms with Gasteiger partial charge in [-0.1, -0.05) is 0 Å². The smallest absolute Gasteiger partial charge is 0.271 e. The van der Waals surface area contributed by atoms with Crippen LogP contribution in [0.1, 0.15) is 23.3 Å². The number of amides is 1. The van der Waals surface area contributed by atoms with Gasteiger partial charge in [0.15, 0.2) is 11.5 Å². The van der Waals surface area contributed by atoms with Crippen molar-refractivity contribution in [3.63, 3.8) is 0 Å². The molecule has 0 saturated carbocycles. The number of aromatic nitrogens is 2. The molecule has 1 unspecified atom stereocenters. The van der Waals surface area contributed by atoms with E-state index in [0.717, 1.165) is 19.5 Å². The Hall–Kier alpha value is -1.69. The monoisotopic (exact) mass is 221 g/mol. The van der Waals surface area contributed by atoms with Crippen LogP contribution in [0.2, 0.25) is 0 Å². The third kappa shape index (κ3) is 2.46. The van der Waals surface area contributed by atoms with Crippen LogP contribution in [0.4, 0.5) is 5.82 Å². The molecule has 86 valence electrons. The molecule has 0 spiro atoms. The highest BCUT2D eigenvalue weighted by molar-refractivity contribution is 5.95. The average molecular weight is 221 g/mol. The number of nitrogens with two attached hydrogens (primary N) is 1. The first-order valence-electron chi connectivity index (χ1n) is 5.35. The first kappa shape index (κ1) is 10.8. The minimum Gasteiger partial charge on any atom is -0.367 e. The maximum atomic E-state index is 11.1. The molecule has 1 aliphatic rings. The Morgan fingerprint density at radius 3 is 3.06 bits per heavy atom. The van der Waals surface area contributed by atoms with Gasteiger partial charge in [-0.15, -0.1) is 0 Å². The summed E-state index contributed by atoms with van der Waals surface area (Å²) in [5, 5.41) is 6.45. The Morgan fingerprint density at radius 1 is 1.56 bits per heavy atom. The van der Waals surface area contributed by atoms with Crippen LogP contribution in [0.3, 0.4) is 0 Å². The van der Waals surface area contributed by atoms with E-state index in [1.807, 2.05) is 0 Å². The van der Waals surface area contributed by atoms with E-state index in [-0.39, 0.29) is 5.69 Å². The highest BCUT2D eigenvalue weighted by Gasteiger charge is 2.15. The van der Waals surface area contributed by atoms with Gasteiger partial charge in [0.1, 0.15) is 0 Å². The fourth-order valence-corrected chi connectivity index (χ4v) is 1.80. The number of nitrogens with zero attached hydrogens (tertiary/aromatic N) is 2. The summed E-state index contributed by atoms with van der Waals surface area (Å²) in [5.41, 5.74) is 5.40. The van der Waals surface area contributed by atoms with Gasteiger partial charge in [-0.05, 0) is 19.4 Å². The second-order valence-corrected chi connectivity index (χ2v) is 3.79. The number of rotatable bonds is 4. The quantitative estimate of drug-likeness (QED) is 0.651. The summed E-state index contributed by atoms with van der Waals surface area (Å²) in [6.07, 6.45) is 5.32. The Labute approximate surface area is 93.7 Å². The number of primary amides is 1. The van der Waals surface area contributed by atoms with Crippen molar-refractivity contribution in [1.82, 2.24) is 15.3 Å². The summed E-state index contributed by atoms with van der Waals surface area (Å²) in [6.45, 7) is 1.79. The van der Waals surface area contributed by atoms with Crippen LogP contribution in [0.5, 0.6) is 0 Å². The summed E-state index contributed by atoms with van der Waals surface area (Å²) in [7, 11) is 0. The Kier molecular flexibility index (Phi) is 3.31. The Balaban J connectivity index is 2.00. The summed E-state index contributed by atoms with van der Waals surface area (Å²) < 4.78 is 0. The Bertz CT molecular complexity index is 375. The zero-order chi connectivity index (χ0) is 11.4. The molecule has 1 aromatic rings. The van der Waals surface area contributed by atoms with Crippen LogP contribution in [-0.4, -0.2) is 35.0 Å². The molecule has 0 bridgehead atoms. The van der Waals surface area contributed by atoms with Crippen LogP contribution in [0.15, 0.2) is 12.4 Å². The SMILES string of the molecule is NC(=O)c1nccnc1NCC1CCCN1. The van der Waals surface area contributed by atoms with Gasteiger partial charge < -0.3 is 16.4 Å². The van der Waals surface area contributed by atoms with Gasteiger partial charge in [-0.2, -0.15) is 0 Å². The molecule has 1 fully saturated rings. The number of hydrogen-bond acceptors (Lipinski definition) is 5. The van der Waals surface area contributed by atoms with Gasteiger partial charge >= 0.3 is 0 Å². The topological polar surface area (TPSA) is 92.9 Å². The molecule has 6 nitrogen and oxygen atoms in total. The lowest BCUT2D eigenvalue weighted by molar-refractivity contribution is 0.0996. The van der Waals surface area contributed by atoms with Crippen molar-refractivity contribution in [3.05, 3.63) is 18.1 Å². The number of nitrogens with one attached hydrogen (secondary N) is 2. The molecule has 1 amide bonds. The van der Waals surface area contributed by atoms with Crippen molar-refractivity contribution >= 4 is 11.7 Å². The molecule has 0 aromatic carbocycles. The maximum Gasteiger partial charge on any atom is 0.271 e. The van der Waals surface area contributed by atoms with E-state index in [2.05, 4.69) is 20.6 Å². The molecule has 6 heteroatoms. The second-order valence-electron chi connectivity index (χ2n) is 3.79. The van der Waals surface area contributed by atoms with Crippen LogP contribution in [-0.2, 0) is 0 Å². The predicted molar refractivity (Wildman–Crippen MR) is 60.1 cm³/mol. The fraction of sp³-hybridized carbons (Fsp3) is 0.500. The third-order valence-electron chi connectivity index (χ3n) is 2.61. The highest BCUT2D eigenvalue weighted by atomic mass is 16.1. The van der Waals surface area contributed by atoms with E-state index in [4.69, 9.17) is 5.73 Å². The fourth-order valence-electron chi connectivity index (χ4n) is 1.80. The van der Waals surface area contributed by atoms with E-state index in [1.165, 1.54) is 18.8 Å². The number of carbonyl (C=O) groups excluding carboxylic acids is 1. The van der Waals surface area contributed by atoms with Crippen molar-refractivity contribution in [3.8, 4) is 0 Å². The first-order chi connectivity index (χ1) is 7.77. The molecule has 1 aliphatic heterocycles. The summed E-state index contributed by atoms with van der Waals surface area (Å²) in [4.78, 5) is 19.0. The van der Waals surface area contributed by atoms with Gasteiger partial charge in [0.2, 0.25) is 0 Å². The minimum absolute atomic E-state index is 0.195. The van der Waals surface area contributed by atoms with E-state index in [9.17, 15) is 4.79 Å². The van der Waals surface area contributed by atoms with Gasteiger partial charge in [0.25, 0.3) is 5.91 Å². The van der Waals surface area contributed by atoms with Crippen LogP contribution < -0.4 is 16.4 Å². The standard InChI is InChI=1S/C10H15N5O/c11-9(16)8-10(14-5-4-13-8)15-6-7-2-1-3-12-7/h4-5,7,12H,1-3,6H2,(H2,11,16)(H,14,15). The highest BCUT2D eigenvalue weighted by Crippen LogP contribution is 2.10. The lowest BCUT2D eigenvalue weighted by atomic mass is 10.2. The number of hydrogen-bond donors (Lipinski definition) is 3. The van der Waals surface area contributed by atoms with Crippen LogP contribution in [0, 0.1) is 0 Å². The Morgan fingerprint density at radius 2 is 2.38 bits per heavy atom. The average Bonchev–Trinajstić information content (AvgIpc) is 2.79. The van der Waals surface area contributed by atoms with Gasteiger partial charge in [0, 0.05) is 25.0 Å².